The number of methoxy groups -OCH3 is 1. The third-order valence-electron chi connectivity index (χ3n) is 3.41. The quantitative estimate of drug-likeness (QED) is 0.751. The first-order valence-corrected chi connectivity index (χ1v) is 8.04. The monoisotopic (exact) mass is 334 g/mol. The maximum Gasteiger partial charge on any atom is 0.328 e. The molecule has 0 saturated heterocycles. The van der Waals surface area contributed by atoms with Crippen molar-refractivity contribution in [3.05, 3.63) is 29.8 Å². The van der Waals surface area contributed by atoms with E-state index in [-0.39, 0.29) is 23.7 Å². The maximum absolute atomic E-state index is 12.4. The Morgan fingerprint density at radius 2 is 1.79 bits per heavy atom. The molecular weight excluding hydrogens is 308 g/mol. The molecule has 0 aromatic heterocycles. The lowest BCUT2D eigenvalue weighted by molar-refractivity contribution is -0.143. The van der Waals surface area contributed by atoms with E-state index in [1.54, 1.807) is 38.1 Å². The average Bonchev–Trinajstić information content (AvgIpc) is 2.53. The molecule has 0 spiro atoms. The van der Waals surface area contributed by atoms with Crippen LogP contribution in [0.15, 0.2) is 24.3 Å². The van der Waals surface area contributed by atoms with Crippen molar-refractivity contribution >= 4 is 23.5 Å². The van der Waals surface area contributed by atoms with Crippen molar-refractivity contribution in [3.8, 4) is 0 Å². The van der Waals surface area contributed by atoms with Crippen LogP contribution in [0.25, 0.3) is 0 Å². The summed E-state index contributed by atoms with van der Waals surface area (Å²) in [6.07, 6.45) is 0.488. The van der Waals surface area contributed by atoms with Gasteiger partial charge >= 0.3 is 5.97 Å². The van der Waals surface area contributed by atoms with Gasteiger partial charge in [0.25, 0.3) is 5.91 Å². The van der Waals surface area contributed by atoms with E-state index in [2.05, 4.69) is 10.6 Å². The number of rotatable bonds is 7. The first-order valence-electron chi connectivity index (χ1n) is 8.04. The van der Waals surface area contributed by atoms with E-state index >= 15 is 0 Å². The van der Waals surface area contributed by atoms with Crippen LogP contribution in [0.3, 0.4) is 0 Å². The van der Waals surface area contributed by atoms with E-state index in [1.165, 1.54) is 7.11 Å². The molecule has 0 aliphatic heterocycles. The number of nitrogens with one attached hydrogen (secondary N) is 2. The molecule has 0 heterocycles. The molecule has 132 valence electrons. The Labute approximate surface area is 143 Å². The van der Waals surface area contributed by atoms with Crippen LogP contribution in [0, 0.1) is 11.8 Å². The van der Waals surface area contributed by atoms with Gasteiger partial charge in [0.05, 0.1) is 7.11 Å². The standard InChI is InChI=1S/C18H26N2O4/c1-11(2)9-15(18(23)24-5)20-17(22)13-7-6-8-14(10-13)19-16(21)12(3)4/h6-8,10-12,15H,9H2,1-5H3,(H,19,21)(H,20,22). The highest BCUT2D eigenvalue weighted by Crippen LogP contribution is 2.13. The van der Waals surface area contributed by atoms with E-state index in [9.17, 15) is 14.4 Å². The van der Waals surface area contributed by atoms with Gasteiger partial charge in [0.15, 0.2) is 0 Å². The summed E-state index contributed by atoms with van der Waals surface area (Å²) in [5.74, 6) is -0.906. The molecule has 6 nitrogen and oxygen atoms in total. The summed E-state index contributed by atoms with van der Waals surface area (Å²) in [5.41, 5.74) is 0.911. The second-order valence-corrected chi connectivity index (χ2v) is 6.40. The van der Waals surface area contributed by atoms with Crippen LogP contribution >= 0.6 is 0 Å². The molecule has 0 radical (unpaired) electrons. The molecule has 24 heavy (non-hydrogen) atoms. The summed E-state index contributed by atoms with van der Waals surface area (Å²) in [6.45, 7) is 7.51. The van der Waals surface area contributed by atoms with E-state index in [0.29, 0.717) is 17.7 Å². The molecule has 2 N–H and O–H groups in total. The lowest BCUT2D eigenvalue weighted by atomic mass is 10.0. The third kappa shape index (κ3) is 6.02. The molecule has 1 unspecified atom stereocenters. The van der Waals surface area contributed by atoms with Gasteiger partial charge in [-0.2, -0.15) is 0 Å². The smallest absolute Gasteiger partial charge is 0.328 e. The molecule has 2 amide bonds. The largest absolute Gasteiger partial charge is 0.467 e. The minimum Gasteiger partial charge on any atom is -0.467 e. The number of ether oxygens (including phenoxy) is 1. The van der Waals surface area contributed by atoms with E-state index in [1.807, 2.05) is 13.8 Å². The molecule has 0 bridgehead atoms. The highest BCUT2D eigenvalue weighted by atomic mass is 16.5. The zero-order valence-electron chi connectivity index (χ0n) is 14.9. The maximum atomic E-state index is 12.4. The summed E-state index contributed by atoms with van der Waals surface area (Å²) < 4.78 is 4.74. The van der Waals surface area contributed by atoms with Gasteiger partial charge in [0, 0.05) is 17.2 Å². The van der Waals surface area contributed by atoms with Gasteiger partial charge in [-0.3, -0.25) is 9.59 Å². The molecule has 0 aliphatic rings. The van der Waals surface area contributed by atoms with E-state index in [4.69, 9.17) is 4.74 Å². The van der Waals surface area contributed by atoms with Gasteiger partial charge < -0.3 is 15.4 Å². The molecule has 6 heteroatoms. The average molecular weight is 334 g/mol. The zero-order chi connectivity index (χ0) is 18.3. The summed E-state index contributed by atoms with van der Waals surface area (Å²) in [5, 5.41) is 5.44. The van der Waals surface area contributed by atoms with Crippen LogP contribution < -0.4 is 10.6 Å². The Kier molecular flexibility index (Phi) is 7.42. The van der Waals surface area contributed by atoms with E-state index < -0.39 is 12.0 Å². The van der Waals surface area contributed by atoms with Crippen molar-refractivity contribution in [2.45, 2.75) is 40.2 Å². The number of esters is 1. The second kappa shape index (κ2) is 9.05. The summed E-state index contributed by atoms with van der Waals surface area (Å²) in [7, 11) is 1.30. The van der Waals surface area contributed by atoms with Crippen molar-refractivity contribution in [1.29, 1.82) is 0 Å². The molecule has 0 saturated carbocycles. The fourth-order valence-corrected chi connectivity index (χ4v) is 2.09. The summed E-state index contributed by atoms with van der Waals surface area (Å²) >= 11 is 0. The van der Waals surface area contributed by atoms with Crippen molar-refractivity contribution in [1.82, 2.24) is 5.32 Å². The topological polar surface area (TPSA) is 84.5 Å². The minimum absolute atomic E-state index is 0.125. The van der Waals surface area contributed by atoms with Crippen molar-refractivity contribution in [2.24, 2.45) is 11.8 Å². The number of carbonyl (C=O) groups is 3. The SMILES string of the molecule is COC(=O)C(CC(C)C)NC(=O)c1cccc(NC(=O)C(C)C)c1. The number of anilines is 1. The normalized spacial score (nSPS) is 12.0. The van der Waals surface area contributed by atoms with Crippen molar-refractivity contribution in [2.75, 3.05) is 12.4 Å². The Morgan fingerprint density at radius 1 is 1.12 bits per heavy atom. The number of benzene rings is 1. The van der Waals surface area contributed by atoms with Crippen LogP contribution in [0.1, 0.15) is 44.5 Å². The second-order valence-electron chi connectivity index (χ2n) is 6.40. The van der Waals surface area contributed by atoms with Gasteiger partial charge in [0.1, 0.15) is 6.04 Å². The minimum atomic E-state index is -0.698. The van der Waals surface area contributed by atoms with Crippen LogP contribution in [0.5, 0.6) is 0 Å². The van der Waals surface area contributed by atoms with Gasteiger partial charge in [-0.15, -0.1) is 0 Å². The predicted molar refractivity (Wildman–Crippen MR) is 92.6 cm³/mol. The van der Waals surface area contributed by atoms with E-state index in [0.717, 1.165) is 0 Å². The van der Waals surface area contributed by atoms with Crippen molar-refractivity contribution < 1.29 is 19.1 Å². The number of hydrogen-bond acceptors (Lipinski definition) is 4. The van der Waals surface area contributed by atoms with Gasteiger partial charge in [0.2, 0.25) is 5.91 Å². The molecular formula is C18H26N2O4. The lowest BCUT2D eigenvalue weighted by Gasteiger charge is -2.18. The van der Waals surface area contributed by atoms with Crippen LogP contribution in [-0.4, -0.2) is 30.9 Å². The fourth-order valence-electron chi connectivity index (χ4n) is 2.09. The molecule has 0 fully saturated rings. The van der Waals surface area contributed by atoms with Crippen molar-refractivity contribution in [3.63, 3.8) is 0 Å². The molecule has 0 aliphatic carbocycles. The Hall–Kier alpha value is -2.37. The van der Waals surface area contributed by atoms with Crippen LogP contribution in [-0.2, 0) is 14.3 Å². The summed E-state index contributed by atoms with van der Waals surface area (Å²) in [6, 6.07) is 5.91. The molecule has 1 aromatic carbocycles. The van der Waals surface area contributed by atoms with Crippen LogP contribution in [0.4, 0.5) is 5.69 Å². The van der Waals surface area contributed by atoms with Gasteiger partial charge in [-0.1, -0.05) is 33.8 Å². The predicted octanol–water partition coefficient (Wildman–Crippen LogP) is 2.60. The highest BCUT2D eigenvalue weighted by molar-refractivity contribution is 5.99. The zero-order valence-corrected chi connectivity index (χ0v) is 14.9. The molecule has 1 aromatic rings. The van der Waals surface area contributed by atoms with Gasteiger partial charge in [-0.05, 0) is 30.5 Å². The Balaban J connectivity index is 2.86. The lowest BCUT2D eigenvalue weighted by Crippen LogP contribution is -2.42. The number of hydrogen-bond donors (Lipinski definition) is 2. The first-order chi connectivity index (χ1) is 11.2. The summed E-state index contributed by atoms with van der Waals surface area (Å²) in [4.78, 5) is 36.0. The fraction of sp³-hybridized carbons (Fsp3) is 0.500. The van der Waals surface area contributed by atoms with Crippen LogP contribution in [0.2, 0.25) is 0 Å². The third-order valence-corrected chi connectivity index (χ3v) is 3.41. The Bertz CT molecular complexity index is 596. The molecule has 1 atom stereocenters. The Morgan fingerprint density at radius 3 is 2.33 bits per heavy atom. The first kappa shape index (κ1) is 19.7. The number of carbonyl (C=O) groups excluding carboxylic acids is 3. The molecule has 1 rings (SSSR count). The van der Waals surface area contributed by atoms with Gasteiger partial charge in [-0.25, -0.2) is 4.79 Å². The number of amides is 2. The highest BCUT2D eigenvalue weighted by Gasteiger charge is 2.23.